The fourth-order valence-corrected chi connectivity index (χ4v) is 5.81. The van der Waals surface area contributed by atoms with E-state index in [4.69, 9.17) is 28.2 Å². The molecule has 1 N–H and O–H groups in total. The summed E-state index contributed by atoms with van der Waals surface area (Å²) in [5.74, 6) is 0.765. The van der Waals surface area contributed by atoms with Crippen molar-refractivity contribution in [1.29, 1.82) is 0 Å². The summed E-state index contributed by atoms with van der Waals surface area (Å²) in [6.07, 6.45) is 4.84. The number of nitrogens with zero attached hydrogens (tertiary/aromatic N) is 3. The summed E-state index contributed by atoms with van der Waals surface area (Å²) in [6.45, 7) is 2.08. The van der Waals surface area contributed by atoms with Crippen LogP contribution < -0.4 is 5.32 Å². The average Bonchev–Trinajstić information content (AvgIpc) is 3.01. The number of hydrogen-bond acceptors (Lipinski definition) is 4. The monoisotopic (exact) mass is 614 g/mol. The minimum atomic E-state index is 0. The van der Waals surface area contributed by atoms with E-state index in [-0.39, 0.29) is 18.3 Å². The first-order chi connectivity index (χ1) is 20.0. The molecule has 0 fully saturated rings. The van der Waals surface area contributed by atoms with Crippen LogP contribution in [0.5, 0.6) is 0 Å². The van der Waals surface area contributed by atoms with Crippen LogP contribution >= 0.6 is 35.6 Å². The van der Waals surface area contributed by atoms with Crippen molar-refractivity contribution in [3.8, 4) is 11.3 Å². The third kappa shape index (κ3) is 6.96. The number of benzene rings is 4. The molecule has 0 spiro atoms. The van der Waals surface area contributed by atoms with Gasteiger partial charge in [-0.05, 0) is 78.4 Å². The quantitative estimate of drug-likeness (QED) is 0.180. The van der Waals surface area contributed by atoms with Crippen molar-refractivity contribution in [2.45, 2.75) is 25.2 Å². The van der Waals surface area contributed by atoms with Gasteiger partial charge >= 0.3 is 0 Å². The number of nitrogens with one attached hydrogen (secondary N) is 1. The highest BCUT2D eigenvalue weighted by atomic mass is 35.5. The highest BCUT2D eigenvalue weighted by molar-refractivity contribution is 6.42. The molecule has 7 heteroatoms. The fraction of sp³-hybridized carbons (Fsp3) is 0.200. The summed E-state index contributed by atoms with van der Waals surface area (Å²) >= 11 is 12.6. The normalized spacial score (nSPS) is 13.7. The Kier molecular flexibility index (Phi) is 9.81. The molecule has 4 aromatic carbocycles. The number of anilines is 2. The lowest BCUT2D eigenvalue weighted by Gasteiger charge is -2.27. The Hall–Kier alpha value is -3.41. The van der Waals surface area contributed by atoms with Gasteiger partial charge in [-0.15, -0.1) is 12.4 Å². The summed E-state index contributed by atoms with van der Waals surface area (Å²) in [6, 6.07) is 33.6. The van der Waals surface area contributed by atoms with Gasteiger partial charge in [0.15, 0.2) is 0 Å². The molecule has 0 bridgehead atoms. The Morgan fingerprint density at radius 1 is 0.810 bits per heavy atom. The average molecular weight is 616 g/mol. The van der Waals surface area contributed by atoms with E-state index in [9.17, 15) is 0 Å². The number of aromatic nitrogens is 2. The summed E-state index contributed by atoms with van der Waals surface area (Å²) in [7, 11) is 2.19. The lowest BCUT2D eigenvalue weighted by molar-refractivity contribution is 0.343. The Balaban J connectivity index is 0.00000353. The molecular formula is C35H33Cl3N4. The Labute approximate surface area is 264 Å². The first-order valence-electron chi connectivity index (χ1n) is 14.0. The second-order valence-corrected chi connectivity index (χ2v) is 11.5. The van der Waals surface area contributed by atoms with Gasteiger partial charge in [0.2, 0.25) is 5.95 Å². The van der Waals surface area contributed by atoms with E-state index in [2.05, 4.69) is 107 Å². The Morgan fingerprint density at radius 3 is 2.24 bits per heavy atom. The molecule has 1 aliphatic rings. The molecule has 42 heavy (non-hydrogen) atoms. The lowest BCUT2D eigenvalue weighted by Crippen LogP contribution is -2.23. The second-order valence-electron chi connectivity index (χ2n) is 10.7. The predicted molar refractivity (Wildman–Crippen MR) is 178 cm³/mol. The first kappa shape index (κ1) is 30.1. The van der Waals surface area contributed by atoms with Crippen LogP contribution in [-0.2, 0) is 19.3 Å². The maximum absolute atomic E-state index is 6.37. The number of fused-ring (bicyclic) bond motifs is 3. The predicted octanol–water partition coefficient (Wildman–Crippen LogP) is 9.02. The fourth-order valence-electron chi connectivity index (χ4n) is 5.50. The molecule has 1 atom stereocenters. The van der Waals surface area contributed by atoms with Crippen molar-refractivity contribution < 1.29 is 0 Å². The van der Waals surface area contributed by atoms with Gasteiger partial charge in [0.25, 0.3) is 0 Å². The van der Waals surface area contributed by atoms with E-state index in [0.717, 1.165) is 60.4 Å². The summed E-state index contributed by atoms with van der Waals surface area (Å²) < 4.78 is 0. The molecule has 1 heterocycles. The molecule has 0 radical (unpaired) electrons. The van der Waals surface area contributed by atoms with Crippen molar-refractivity contribution in [3.05, 3.63) is 141 Å². The van der Waals surface area contributed by atoms with Crippen LogP contribution in [0.2, 0.25) is 10.0 Å². The van der Waals surface area contributed by atoms with Gasteiger partial charge in [0.05, 0.1) is 15.7 Å². The molecule has 214 valence electrons. The zero-order chi connectivity index (χ0) is 28.2. The third-order valence-electron chi connectivity index (χ3n) is 7.84. The van der Waals surface area contributed by atoms with Crippen molar-refractivity contribution in [1.82, 2.24) is 14.9 Å². The van der Waals surface area contributed by atoms with Gasteiger partial charge in [-0.1, -0.05) is 96.0 Å². The molecule has 4 nitrogen and oxygen atoms in total. The molecule has 0 saturated carbocycles. The minimum Gasteiger partial charge on any atom is -0.324 e. The molecule has 1 aromatic heterocycles. The number of hydrogen-bond donors (Lipinski definition) is 1. The largest absolute Gasteiger partial charge is 0.324 e. The van der Waals surface area contributed by atoms with Gasteiger partial charge in [0.1, 0.15) is 0 Å². The van der Waals surface area contributed by atoms with E-state index in [0.29, 0.717) is 16.0 Å². The first-order valence-corrected chi connectivity index (χ1v) is 14.8. The van der Waals surface area contributed by atoms with E-state index in [1.807, 2.05) is 18.3 Å². The topological polar surface area (TPSA) is 41.0 Å². The van der Waals surface area contributed by atoms with Gasteiger partial charge in [-0.3, -0.25) is 0 Å². The molecule has 0 amide bonds. The van der Waals surface area contributed by atoms with Gasteiger partial charge in [-0.2, -0.15) is 0 Å². The molecule has 1 unspecified atom stereocenters. The van der Waals surface area contributed by atoms with E-state index in [1.54, 1.807) is 0 Å². The third-order valence-corrected chi connectivity index (χ3v) is 8.58. The molecule has 5 aromatic rings. The summed E-state index contributed by atoms with van der Waals surface area (Å²) in [5, 5.41) is 4.55. The van der Waals surface area contributed by atoms with Crippen LogP contribution in [0.1, 0.15) is 33.7 Å². The standard InChI is InChI=1S/C35H32Cl2N4.ClH/c1-41(19-17-24-7-3-2-4-8-24)20-18-25-11-14-28(15-12-25)39-35-38-23-27-21-31(26-13-16-32(36)33(37)22-26)29-9-5-6-10-30(29)34(27)40-35;/h2-16,22-23,31H,17-21H2,1H3,(H,38,39,40);1H. The summed E-state index contributed by atoms with van der Waals surface area (Å²) in [4.78, 5) is 12.0. The number of likely N-dealkylation sites (N-methyl/N-ethyl adjacent to an activating group) is 1. The van der Waals surface area contributed by atoms with E-state index in [1.165, 1.54) is 16.7 Å². The number of rotatable bonds is 9. The second kappa shape index (κ2) is 13.7. The van der Waals surface area contributed by atoms with Crippen LogP contribution in [0.4, 0.5) is 11.6 Å². The lowest BCUT2D eigenvalue weighted by atomic mass is 9.78. The van der Waals surface area contributed by atoms with Crippen LogP contribution in [0.3, 0.4) is 0 Å². The van der Waals surface area contributed by atoms with Crippen LogP contribution in [0, 0.1) is 0 Å². The number of halogens is 3. The SMILES string of the molecule is CN(CCc1ccccc1)CCc1ccc(Nc2ncc3c(n2)-c2ccccc2C(c2ccc(Cl)c(Cl)c2)C3)cc1.Cl. The highest BCUT2D eigenvalue weighted by Crippen LogP contribution is 2.43. The minimum absolute atomic E-state index is 0. The highest BCUT2D eigenvalue weighted by Gasteiger charge is 2.27. The van der Waals surface area contributed by atoms with Crippen LogP contribution in [0.15, 0.2) is 103 Å². The van der Waals surface area contributed by atoms with Gasteiger partial charge < -0.3 is 10.2 Å². The molecule has 0 aliphatic heterocycles. The van der Waals surface area contributed by atoms with Crippen LogP contribution in [-0.4, -0.2) is 35.0 Å². The molecule has 6 rings (SSSR count). The van der Waals surface area contributed by atoms with Gasteiger partial charge in [-0.25, -0.2) is 9.97 Å². The molecule has 0 saturated heterocycles. The maximum atomic E-state index is 6.37. The van der Waals surface area contributed by atoms with E-state index >= 15 is 0 Å². The summed E-state index contributed by atoms with van der Waals surface area (Å²) in [5.41, 5.74) is 9.28. The molecular weight excluding hydrogens is 583 g/mol. The van der Waals surface area contributed by atoms with Crippen LogP contribution in [0.25, 0.3) is 11.3 Å². The zero-order valence-electron chi connectivity index (χ0n) is 23.4. The zero-order valence-corrected chi connectivity index (χ0v) is 25.8. The maximum Gasteiger partial charge on any atom is 0.227 e. The van der Waals surface area contributed by atoms with E-state index < -0.39 is 0 Å². The smallest absolute Gasteiger partial charge is 0.227 e. The van der Waals surface area contributed by atoms with Gasteiger partial charge in [0, 0.05) is 36.5 Å². The van der Waals surface area contributed by atoms with Crippen molar-refractivity contribution in [2.75, 3.05) is 25.5 Å². The molecule has 1 aliphatic carbocycles. The Bertz CT molecular complexity index is 1640. The van der Waals surface area contributed by atoms with Crippen molar-refractivity contribution in [3.63, 3.8) is 0 Å². The Morgan fingerprint density at radius 2 is 1.50 bits per heavy atom. The van der Waals surface area contributed by atoms with Crippen molar-refractivity contribution in [2.24, 2.45) is 0 Å². The van der Waals surface area contributed by atoms with Crippen molar-refractivity contribution >= 4 is 47.2 Å².